The van der Waals surface area contributed by atoms with Gasteiger partial charge in [-0.25, -0.2) is 5.43 Å². The van der Waals surface area contributed by atoms with Gasteiger partial charge < -0.3 is 0 Å². The number of hydrogen-bond acceptors (Lipinski definition) is 7. The SMILES string of the molecule is Cc1ccc(-c2nnc(SCC(=O)N/N=C/c3cc([N+](=O)[O-])ccc3Cl)n2-c2ccccc2)cc1. The summed E-state index contributed by atoms with van der Waals surface area (Å²) in [5, 5.41) is 24.3. The largest absolute Gasteiger partial charge is 0.272 e. The lowest BCUT2D eigenvalue weighted by Crippen LogP contribution is -2.20. The molecule has 1 amide bonds. The first-order chi connectivity index (χ1) is 16.9. The number of hydrogen-bond donors (Lipinski definition) is 1. The minimum atomic E-state index is -0.531. The number of amides is 1. The number of nitrogens with zero attached hydrogens (tertiary/aromatic N) is 5. The fraction of sp³-hybridized carbons (Fsp3) is 0.0833. The van der Waals surface area contributed by atoms with E-state index in [0.29, 0.717) is 16.5 Å². The van der Waals surface area contributed by atoms with Gasteiger partial charge in [0.25, 0.3) is 11.6 Å². The molecule has 0 unspecified atom stereocenters. The van der Waals surface area contributed by atoms with Gasteiger partial charge in [-0.15, -0.1) is 10.2 Å². The van der Waals surface area contributed by atoms with E-state index in [1.807, 2.05) is 66.1 Å². The van der Waals surface area contributed by atoms with Gasteiger partial charge in [0.2, 0.25) is 0 Å². The highest BCUT2D eigenvalue weighted by molar-refractivity contribution is 7.99. The van der Waals surface area contributed by atoms with Crippen molar-refractivity contribution in [3.63, 3.8) is 0 Å². The fourth-order valence-corrected chi connectivity index (χ4v) is 4.05. The van der Waals surface area contributed by atoms with E-state index < -0.39 is 4.92 Å². The first-order valence-electron chi connectivity index (χ1n) is 10.4. The summed E-state index contributed by atoms with van der Waals surface area (Å²) in [4.78, 5) is 22.8. The lowest BCUT2D eigenvalue weighted by molar-refractivity contribution is -0.384. The Labute approximate surface area is 210 Å². The number of aryl methyl sites for hydroxylation is 1. The molecule has 1 aromatic heterocycles. The van der Waals surface area contributed by atoms with Crippen molar-refractivity contribution >= 4 is 41.2 Å². The summed E-state index contributed by atoms with van der Waals surface area (Å²) in [6.45, 7) is 2.01. The summed E-state index contributed by atoms with van der Waals surface area (Å²) in [7, 11) is 0. The third-order valence-electron chi connectivity index (χ3n) is 4.87. The predicted molar refractivity (Wildman–Crippen MR) is 136 cm³/mol. The highest BCUT2D eigenvalue weighted by atomic mass is 35.5. The van der Waals surface area contributed by atoms with E-state index in [4.69, 9.17) is 11.6 Å². The van der Waals surface area contributed by atoms with E-state index in [1.54, 1.807) is 0 Å². The Kier molecular flexibility index (Phi) is 7.54. The molecule has 1 N–H and O–H groups in total. The van der Waals surface area contributed by atoms with E-state index >= 15 is 0 Å². The number of hydrazone groups is 1. The van der Waals surface area contributed by atoms with Gasteiger partial charge in [-0.2, -0.15) is 5.10 Å². The van der Waals surface area contributed by atoms with Crippen molar-refractivity contribution in [1.29, 1.82) is 0 Å². The number of benzene rings is 3. The normalized spacial score (nSPS) is 11.0. The molecular weight excluding hydrogens is 488 g/mol. The fourth-order valence-electron chi connectivity index (χ4n) is 3.14. The quantitative estimate of drug-likeness (QED) is 0.155. The monoisotopic (exact) mass is 506 g/mol. The average Bonchev–Trinajstić information content (AvgIpc) is 3.28. The van der Waals surface area contributed by atoms with Crippen LogP contribution < -0.4 is 5.43 Å². The third kappa shape index (κ3) is 5.92. The number of non-ortho nitro benzene ring substituents is 1. The first-order valence-corrected chi connectivity index (χ1v) is 11.8. The van der Waals surface area contributed by atoms with Crippen molar-refractivity contribution in [3.8, 4) is 17.1 Å². The molecule has 0 spiro atoms. The van der Waals surface area contributed by atoms with Crippen molar-refractivity contribution in [2.45, 2.75) is 12.1 Å². The van der Waals surface area contributed by atoms with Crippen molar-refractivity contribution in [1.82, 2.24) is 20.2 Å². The van der Waals surface area contributed by atoms with Gasteiger partial charge in [-0.1, -0.05) is 71.4 Å². The van der Waals surface area contributed by atoms with Crippen molar-refractivity contribution in [2.24, 2.45) is 5.10 Å². The zero-order chi connectivity index (χ0) is 24.8. The molecule has 0 bridgehead atoms. The minimum absolute atomic E-state index is 0.0267. The second kappa shape index (κ2) is 10.9. The summed E-state index contributed by atoms with van der Waals surface area (Å²) in [5.74, 6) is 0.309. The third-order valence-corrected chi connectivity index (χ3v) is 6.15. The highest BCUT2D eigenvalue weighted by Crippen LogP contribution is 2.28. The van der Waals surface area contributed by atoms with Gasteiger partial charge in [0.15, 0.2) is 11.0 Å². The molecule has 0 saturated carbocycles. The predicted octanol–water partition coefficient (Wildman–Crippen LogP) is 5.05. The molecule has 11 heteroatoms. The van der Waals surface area contributed by atoms with Crippen LogP contribution in [0.5, 0.6) is 0 Å². The first kappa shape index (κ1) is 24.1. The number of nitro groups is 1. The van der Waals surface area contributed by atoms with E-state index in [1.165, 1.54) is 36.2 Å². The topological polar surface area (TPSA) is 115 Å². The van der Waals surface area contributed by atoms with Gasteiger partial charge in [-0.05, 0) is 25.1 Å². The van der Waals surface area contributed by atoms with Crippen molar-refractivity contribution in [3.05, 3.63) is 99.1 Å². The Morgan fingerprint density at radius 3 is 2.60 bits per heavy atom. The summed E-state index contributed by atoms with van der Waals surface area (Å²) in [5.41, 5.74) is 5.51. The van der Waals surface area contributed by atoms with Crippen LogP contribution in [0, 0.1) is 17.0 Å². The number of thioether (sulfide) groups is 1. The van der Waals surface area contributed by atoms with Crippen LogP contribution in [0.25, 0.3) is 17.1 Å². The summed E-state index contributed by atoms with van der Waals surface area (Å²) in [6, 6.07) is 21.6. The minimum Gasteiger partial charge on any atom is -0.272 e. The standard InChI is InChI=1S/C24H19ClN6O3S/c1-16-7-9-17(10-8-16)23-28-29-24(30(23)19-5-3-2-4-6-19)35-15-22(32)27-26-14-18-13-20(31(33)34)11-12-21(18)25/h2-14H,15H2,1H3,(H,27,32)/b26-14+. The second-order valence-corrected chi connectivity index (χ2v) is 8.74. The maximum atomic E-state index is 12.4. The molecule has 1 heterocycles. The van der Waals surface area contributed by atoms with Crippen LogP contribution in [0.2, 0.25) is 5.02 Å². The molecular formula is C24H19ClN6O3S. The molecule has 4 aromatic rings. The number of nitrogens with one attached hydrogen (secondary N) is 1. The molecule has 4 rings (SSSR count). The molecule has 0 aliphatic carbocycles. The molecule has 0 aliphatic heterocycles. The van der Waals surface area contributed by atoms with Gasteiger partial charge >= 0.3 is 0 Å². The number of rotatable bonds is 8. The summed E-state index contributed by atoms with van der Waals surface area (Å²) >= 11 is 7.26. The zero-order valence-corrected chi connectivity index (χ0v) is 20.0. The van der Waals surface area contributed by atoms with Crippen LogP contribution >= 0.6 is 23.4 Å². The molecule has 9 nitrogen and oxygen atoms in total. The Balaban J connectivity index is 1.48. The molecule has 176 valence electrons. The lowest BCUT2D eigenvalue weighted by atomic mass is 10.1. The second-order valence-electron chi connectivity index (χ2n) is 7.39. The van der Waals surface area contributed by atoms with Crippen LogP contribution in [0.1, 0.15) is 11.1 Å². The number of aromatic nitrogens is 3. The van der Waals surface area contributed by atoms with Crippen molar-refractivity contribution < 1.29 is 9.72 Å². The van der Waals surface area contributed by atoms with Crippen LogP contribution in [-0.2, 0) is 4.79 Å². The lowest BCUT2D eigenvalue weighted by Gasteiger charge is -2.10. The average molecular weight is 507 g/mol. The van der Waals surface area contributed by atoms with Crippen LogP contribution in [0.15, 0.2) is 83.1 Å². The molecule has 0 aliphatic rings. The summed E-state index contributed by atoms with van der Waals surface area (Å²) in [6.07, 6.45) is 1.26. The molecule has 3 aromatic carbocycles. The Morgan fingerprint density at radius 2 is 1.89 bits per heavy atom. The summed E-state index contributed by atoms with van der Waals surface area (Å²) < 4.78 is 1.90. The van der Waals surface area contributed by atoms with Crippen molar-refractivity contribution in [2.75, 3.05) is 5.75 Å². The molecule has 0 atom stereocenters. The van der Waals surface area contributed by atoms with E-state index in [9.17, 15) is 14.9 Å². The molecule has 0 radical (unpaired) electrons. The molecule has 0 saturated heterocycles. The Morgan fingerprint density at radius 1 is 1.14 bits per heavy atom. The maximum absolute atomic E-state index is 12.4. The number of halogens is 1. The van der Waals surface area contributed by atoms with Crippen LogP contribution in [0.4, 0.5) is 5.69 Å². The molecule has 35 heavy (non-hydrogen) atoms. The van der Waals surface area contributed by atoms with Gasteiger partial charge in [0.1, 0.15) is 0 Å². The maximum Gasteiger partial charge on any atom is 0.270 e. The highest BCUT2D eigenvalue weighted by Gasteiger charge is 2.17. The Hall–Kier alpha value is -4.02. The number of para-hydroxylation sites is 1. The molecule has 0 fully saturated rings. The van der Waals surface area contributed by atoms with Crippen LogP contribution in [-0.4, -0.2) is 37.6 Å². The Bertz CT molecular complexity index is 1390. The van der Waals surface area contributed by atoms with Gasteiger partial charge in [-0.3, -0.25) is 19.5 Å². The number of carbonyl (C=O) groups is 1. The van der Waals surface area contributed by atoms with Gasteiger partial charge in [0.05, 0.1) is 16.9 Å². The number of nitro benzene ring substituents is 1. The zero-order valence-electron chi connectivity index (χ0n) is 18.5. The van der Waals surface area contributed by atoms with Crippen LogP contribution in [0.3, 0.4) is 0 Å². The van der Waals surface area contributed by atoms with E-state index in [0.717, 1.165) is 16.8 Å². The smallest absolute Gasteiger partial charge is 0.270 e. The van der Waals surface area contributed by atoms with E-state index in [-0.39, 0.29) is 22.4 Å². The van der Waals surface area contributed by atoms with E-state index in [2.05, 4.69) is 20.7 Å². The van der Waals surface area contributed by atoms with Gasteiger partial charge in [0, 0.05) is 34.0 Å². The number of carbonyl (C=O) groups excluding carboxylic acids is 1.